The van der Waals surface area contributed by atoms with Crippen molar-refractivity contribution in [1.29, 1.82) is 0 Å². The second-order valence-electron chi connectivity index (χ2n) is 2.82. The van der Waals surface area contributed by atoms with Crippen molar-refractivity contribution in [3.63, 3.8) is 0 Å². The summed E-state index contributed by atoms with van der Waals surface area (Å²) in [6.07, 6.45) is -0.0217. The number of halogens is 1. The number of rotatable bonds is 3. The first-order chi connectivity index (χ1) is 6.19. The van der Waals surface area contributed by atoms with E-state index in [0.717, 1.165) is 0 Å². The van der Waals surface area contributed by atoms with Gasteiger partial charge in [-0.2, -0.15) is 0 Å². The average Bonchev–Trinajstić information content (AvgIpc) is 2.16. The van der Waals surface area contributed by atoms with Gasteiger partial charge in [0.15, 0.2) is 11.6 Å². The van der Waals surface area contributed by atoms with Crippen LogP contribution in [0.15, 0.2) is 18.2 Å². The fourth-order valence-corrected chi connectivity index (χ4v) is 1.13. The van der Waals surface area contributed by atoms with E-state index in [9.17, 15) is 9.50 Å². The van der Waals surface area contributed by atoms with Crippen molar-refractivity contribution < 1.29 is 14.2 Å². The third-order valence-corrected chi connectivity index (χ3v) is 1.95. The Hall–Kier alpha value is -1.09. The molecule has 72 valence electrons. The summed E-state index contributed by atoms with van der Waals surface area (Å²) in [5, 5.41) is 9.41. The summed E-state index contributed by atoms with van der Waals surface area (Å²) in [5.74, 6) is -0.237. The number of aliphatic hydroxyl groups excluding tert-OH is 1. The largest absolute Gasteiger partial charge is 0.494 e. The maximum Gasteiger partial charge on any atom is 0.165 e. The Bertz CT molecular complexity index is 286. The zero-order chi connectivity index (χ0) is 9.84. The van der Waals surface area contributed by atoms with Gasteiger partial charge >= 0.3 is 0 Å². The molecule has 0 aliphatic heterocycles. The number of methoxy groups -OCH3 is 1. The molecule has 0 unspecified atom stereocenters. The predicted octanol–water partition coefficient (Wildman–Crippen LogP) is 2.28. The zero-order valence-corrected chi connectivity index (χ0v) is 7.75. The fourth-order valence-electron chi connectivity index (χ4n) is 1.13. The highest BCUT2D eigenvalue weighted by molar-refractivity contribution is 5.30. The standard InChI is InChI=1S/C10H13FO2/c1-3-9(12)7-4-5-10(13-2)8(11)6-7/h4-6,9,12H,3H2,1-2H3/t9-/m1/s1. The summed E-state index contributed by atoms with van der Waals surface area (Å²) < 4.78 is 17.9. The van der Waals surface area contributed by atoms with E-state index >= 15 is 0 Å². The van der Waals surface area contributed by atoms with Crippen LogP contribution in [0, 0.1) is 5.82 Å². The third-order valence-electron chi connectivity index (χ3n) is 1.95. The van der Waals surface area contributed by atoms with Crippen LogP contribution in [0.3, 0.4) is 0 Å². The summed E-state index contributed by atoms with van der Waals surface area (Å²) in [5.41, 5.74) is 0.584. The Balaban J connectivity index is 2.95. The molecule has 0 fully saturated rings. The molecule has 0 heterocycles. The SMILES string of the molecule is CC[C@@H](O)c1ccc(OC)c(F)c1. The molecule has 0 saturated heterocycles. The van der Waals surface area contributed by atoms with Gasteiger partial charge in [0.2, 0.25) is 0 Å². The minimum Gasteiger partial charge on any atom is -0.494 e. The molecule has 0 saturated carbocycles. The van der Waals surface area contributed by atoms with Crippen LogP contribution in [0.1, 0.15) is 25.0 Å². The molecule has 0 radical (unpaired) electrons. The van der Waals surface area contributed by atoms with Gasteiger partial charge in [0, 0.05) is 0 Å². The highest BCUT2D eigenvalue weighted by atomic mass is 19.1. The lowest BCUT2D eigenvalue weighted by Crippen LogP contribution is -1.97. The summed E-state index contributed by atoms with van der Waals surface area (Å²) >= 11 is 0. The molecule has 2 nitrogen and oxygen atoms in total. The molecular formula is C10H13FO2. The van der Waals surface area contributed by atoms with E-state index in [1.165, 1.54) is 19.2 Å². The van der Waals surface area contributed by atoms with Gasteiger partial charge in [0.25, 0.3) is 0 Å². The second kappa shape index (κ2) is 4.23. The van der Waals surface area contributed by atoms with E-state index < -0.39 is 11.9 Å². The number of ether oxygens (including phenoxy) is 1. The lowest BCUT2D eigenvalue weighted by Gasteiger charge is -2.09. The molecule has 13 heavy (non-hydrogen) atoms. The number of benzene rings is 1. The van der Waals surface area contributed by atoms with Gasteiger partial charge in [0.05, 0.1) is 13.2 Å². The van der Waals surface area contributed by atoms with Gasteiger partial charge in [-0.1, -0.05) is 13.0 Å². The van der Waals surface area contributed by atoms with Crippen molar-refractivity contribution in [3.05, 3.63) is 29.6 Å². The van der Waals surface area contributed by atoms with Crippen molar-refractivity contribution in [1.82, 2.24) is 0 Å². The molecule has 0 aliphatic rings. The first-order valence-electron chi connectivity index (χ1n) is 4.20. The summed E-state index contributed by atoms with van der Waals surface area (Å²) in [7, 11) is 1.41. The maximum absolute atomic E-state index is 13.1. The summed E-state index contributed by atoms with van der Waals surface area (Å²) in [6.45, 7) is 1.84. The molecule has 1 N–H and O–H groups in total. The molecule has 0 bridgehead atoms. The fraction of sp³-hybridized carbons (Fsp3) is 0.400. The van der Waals surface area contributed by atoms with Crippen LogP contribution in [-0.2, 0) is 0 Å². The molecule has 0 aliphatic carbocycles. The lowest BCUT2D eigenvalue weighted by atomic mass is 10.1. The Kier molecular flexibility index (Phi) is 3.25. The monoisotopic (exact) mass is 184 g/mol. The van der Waals surface area contributed by atoms with E-state index in [1.54, 1.807) is 6.07 Å². The molecule has 1 rings (SSSR count). The van der Waals surface area contributed by atoms with Crippen molar-refractivity contribution >= 4 is 0 Å². The Morgan fingerprint density at radius 1 is 1.54 bits per heavy atom. The van der Waals surface area contributed by atoms with E-state index in [1.807, 2.05) is 6.92 Å². The molecular weight excluding hydrogens is 171 g/mol. The van der Waals surface area contributed by atoms with Crippen LogP contribution >= 0.6 is 0 Å². The van der Waals surface area contributed by atoms with Crippen LogP contribution in [0.5, 0.6) is 5.75 Å². The first kappa shape index (κ1) is 9.99. The van der Waals surface area contributed by atoms with Gasteiger partial charge in [0.1, 0.15) is 0 Å². The highest BCUT2D eigenvalue weighted by Gasteiger charge is 2.08. The predicted molar refractivity (Wildman–Crippen MR) is 48.2 cm³/mol. The first-order valence-corrected chi connectivity index (χ1v) is 4.20. The van der Waals surface area contributed by atoms with Crippen LogP contribution in [0.2, 0.25) is 0 Å². The summed E-state index contributed by atoms with van der Waals surface area (Å²) in [4.78, 5) is 0. The Labute approximate surface area is 77.0 Å². The van der Waals surface area contributed by atoms with Crippen LogP contribution in [-0.4, -0.2) is 12.2 Å². The van der Waals surface area contributed by atoms with Crippen LogP contribution in [0.4, 0.5) is 4.39 Å². The van der Waals surface area contributed by atoms with Crippen molar-refractivity contribution in [3.8, 4) is 5.75 Å². The van der Waals surface area contributed by atoms with Gasteiger partial charge in [-0.15, -0.1) is 0 Å². The quantitative estimate of drug-likeness (QED) is 0.780. The minimum atomic E-state index is -0.597. The highest BCUT2D eigenvalue weighted by Crippen LogP contribution is 2.22. The van der Waals surface area contributed by atoms with E-state index in [0.29, 0.717) is 12.0 Å². The van der Waals surface area contributed by atoms with Crippen LogP contribution < -0.4 is 4.74 Å². The molecule has 3 heteroatoms. The number of hydrogen-bond donors (Lipinski definition) is 1. The molecule has 1 aromatic rings. The molecule has 1 aromatic carbocycles. The van der Waals surface area contributed by atoms with E-state index in [2.05, 4.69) is 0 Å². The topological polar surface area (TPSA) is 29.5 Å². The minimum absolute atomic E-state index is 0.201. The van der Waals surface area contributed by atoms with Gasteiger partial charge in [-0.3, -0.25) is 0 Å². The summed E-state index contributed by atoms with van der Waals surface area (Å²) in [6, 6.07) is 4.48. The van der Waals surface area contributed by atoms with Gasteiger partial charge in [-0.05, 0) is 24.1 Å². The number of hydrogen-bond acceptors (Lipinski definition) is 2. The van der Waals surface area contributed by atoms with E-state index in [-0.39, 0.29) is 5.75 Å². The van der Waals surface area contributed by atoms with Gasteiger partial charge < -0.3 is 9.84 Å². The second-order valence-corrected chi connectivity index (χ2v) is 2.82. The zero-order valence-electron chi connectivity index (χ0n) is 7.75. The van der Waals surface area contributed by atoms with Crippen molar-refractivity contribution in [2.75, 3.05) is 7.11 Å². The lowest BCUT2D eigenvalue weighted by molar-refractivity contribution is 0.173. The van der Waals surface area contributed by atoms with E-state index in [4.69, 9.17) is 4.74 Å². The third kappa shape index (κ3) is 2.18. The normalized spacial score (nSPS) is 12.6. The maximum atomic E-state index is 13.1. The Morgan fingerprint density at radius 2 is 2.23 bits per heavy atom. The number of aliphatic hydroxyl groups is 1. The van der Waals surface area contributed by atoms with Gasteiger partial charge in [-0.25, -0.2) is 4.39 Å². The van der Waals surface area contributed by atoms with Crippen LogP contribution in [0.25, 0.3) is 0 Å². The van der Waals surface area contributed by atoms with Crippen molar-refractivity contribution in [2.45, 2.75) is 19.4 Å². The smallest absolute Gasteiger partial charge is 0.165 e. The molecule has 0 amide bonds. The molecule has 0 spiro atoms. The van der Waals surface area contributed by atoms with Crippen molar-refractivity contribution in [2.24, 2.45) is 0 Å². The molecule has 1 atom stereocenters. The average molecular weight is 184 g/mol. The Morgan fingerprint density at radius 3 is 2.69 bits per heavy atom. The molecule has 0 aromatic heterocycles.